The lowest BCUT2D eigenvalue weighted by Crippen LogP contribution is -2.29. The first-order valence-corrected chi connectivity index (χ1v) is 6.53. The summed E-state index contributed by atoms with van der Waals surface area (Å²) in [6.45, 7) is 4.40. The number of aryl methyl sites for hydroxylation is 1. The average Bonchev–Trinajstić information content (AvgIpc) is 2.63. The Morgan fingerprint density at radius 2 is 2.00 bits per heavy atom. The van der Waals surface area contributed by atoms with Crippen LogP contribution in [0.5, 0.6) is 0 Å². The molecule has 3 nitrogen and oxygen atoms in total. The van der Waals surface area contributed by atoms with Crippen LogP contribution in [0.15, 0.2) is 12.4 Å². The zero-order chi connectivity index (χ0) is 14.5. The SMILES string of the molecule is CCCn1ccnc1CC(C)(O)CCCC(F)(F)F. The Morgan fingerprint density at radius 1 is 1.32 bits per heavy atom. The number of aliphatic hydroxyl groups is 1. The number of aromatic nitrogens is 2. The summed E-state index contributed by atoms with van der Waals surface area (Å²) in [4.78, 5) is 4.16. The lowest BCUT2D eigenvalue weighted by atomic mass is 9.94. The van der Waals surface area contributed by atoms with Gasteiger partial charge in [0.15, 0.2) is 0 Å². The molecule has 110 valence electrons. The van der Waals surface area contributed by atoms with E-state index in [0.29, 0.717) is 0 Å². The second-order valence-electron chi connectivity index (χ2n) is 5.18. The van der Waals surface area contributed by atoms with Crippen molar-refractivity contribution in [1.82, 2.24) is 9.55 Å². The van der Waals surface area contributed by atoms with E-state index in [0.717, 1.165) is 18.8 Å². The summed E-state index contributed by atoms with van der Waals surface area (Å²) in [6.07, 6.45) is -0.265. The number of rotatable bonds is 7. The van der Waals surface area contributed by atoms with Crippen molar-refractivity contribution in [2.24, 2.45) is 0 Å². The van der Waals surface area contributed by atoms with Crippen molar-refractivity contribution in [2.75, 3.05) is 0 Å². The number of nitrogens with zero attached hydrogens (tertiary/aromatic N) is 2. The fourth-order valence-corrected chi connectivity index (χ4v) is 2.05. The quantitative estimate of drug-likeness (QED) is 0.831. The van der Waals surface area contributed by atoms with Gasteiger partial charge >= 0.3 is 6.18 Å². The van der Waals surface area contributed by atoms with E-state index < -0.39 is 18.2 Å². The van der Waals surface area contributed by atoms with Gasteiger partial charge in [-0.15, -0.1) is 0 Å². The Labute approximate surface area is 111 Å². The van der Waals surface area contributed by atoms with E-state index >= 15 is 0 Å². The maximum absolute atomic E-state index is 12.1. The molecule has 0 aromatic carbocycles. The molecule has 0 aliphatic rings. The van der Waals surface area contributed by atoms with Crippen LogP contribution in [0.25, 0.3) is 0 Å². The van der Waals surface area contributed by atoms with E-state index in [2.05, 4.69) is 4.98 Å². The molecule has 0 aliphatic carbocycles. The largest absolute Gasteiger partial charge is 0.390 e. The number of halogens is 3. The number of alkyl halides is 3. The molecule has 19 heavy (non-hydrogen) atoms. The van der Waals surface area contributed by atoms with E-state index in [4.69, 9.17) is 0 Å². The Bertz CT molecular complexity index is 385. The van der Waals surface area contributed by atoms with Crippen LogP contribution in [0.4, 0.5) is 13.2 Å². The second kappa shape index (κ2) is 6.41. The highest BCUT2D eigenvalue weighted by molar-refractivity contribution is 4.97. The summed E-state index contributed by atoms with van der Waals surface area (Å²) >= 11 is 0. The van der Waals surface area contributed by atoms with E-state index in [1.807, 2.05) is 17.7 Å². The standard InChI is InChI=1S/C13H21F3N2O/c1-3-8-18-9-7-17-11(18)10-12(2,19)5-4-6-13(14,15)16/h7,9,19H,3-6,8,10H2,1-2H3. The van der Waals surface area contributed by atoms with Crippen LogP contribution in [-0.2, 0) is 13.0 Å². The normalized spacial score (nSPS) is 15.5. The first-order chi connectivity index (χ1) is 8.73. The van der Waals surface area contributed by atoms with Gasteiger partial charge in [-0.2, -0.15) is 13.2 Å². The van der Waals surface area contributed by atoms with Gasteiger partial charge in [-0.3, -0.25) is 0 Å². The molecule has 0 saturated carbocycles. The molecule has 0 saturated heterocycles. The predicted octanol–water partition coefficient (Wildman–Crippen LogP) is 3.32. The third kappa shape index (κ3) is 6.09. The third-order valence-electron chi connectivity index (χ3n) is 2.98. The van der Waals surface area contributed by atoms with Gasteiger partial charge in [-0.1, -0.05) is 6.92 Å². The van der Waals surface area contributed by atoms with Crippen LogP contribution in [0.1, 0.15) is 45.4 Å². The van der Waals surface area contributed by atoms with Crippen molar-refractivity contribution in [2.45, 2.75) is 64.3 Å². The van der Waals surface area contributed by atoms with E-state index in [1.165, 1.54) is 0 Å². The van der Waals surface area contributed by atoms with Gasteiger partial charge in [0, 0.05) is 31.8 Å². The zero-order valence-corrected chi connectivity index (χ0v) is 11.4. The van der Waals surface area contributed by atoms with Crippen molar-refractivity contribution >= 4 is 0 Å². The molecular formula is C13H21F3N2O. The minimum absolute atomic E-state index is 0.0645. The summed E-state index contributed by atoms with van der Waals surface area (Å²) in [7, 11) is 0. The molecule has 0 spiro atoms. The van der Waals surface area contributed by atoms with E-state index in [1.54, 1.807) is 13.1 Å². The molecule has 1 aromatic heterocycles. The zero-order valence-electron chi connectivity index (χ0n) is 11.4. The predicted molar refractivity (Wildman–Crippen MR) is 66.8 cm³/mol. The highest BCUT2D eigenvalue weighted by atomic mass is 19.4. The molecule has 1 aromatic rings. The maximum Gasteiger partial charge on any atom is 0.389 e. The second-order valence-corrected chi connectivity index (χ2v) is 5.18. The minimum Gasteiger partial charge on any atom is -0.390 e. The molecule has 0 aliphatic heterocycles. The van der Waals surface area contributed by atoms with Crippen molar-refractivity contribution in [3.8, 4) is 0 Å². The van der Waals surface area contributed by atoms with E-state index in [-0.39, 0.29) is 19.3 Å². The van der Waals surface area contributed by atoms with Gasteiger partial charge in [0.2, 0.25) is 0 Å². The Hall–Kier alpha value is -1.04. The van der Waals surface area contributed by atoms with Gasteiger partial charge in [0.05, 0.1) is 5.60 Å². The van der Waals surface area contributed by atoms with Crippen LogP contribution < -0.4 is 0 Å². The number of hydrogen-bond acceptors (Lipinski definition) is 2. The average molecular weight is 278 g/mol. The summed E-state index contributed by atoms with van der Waals surface area (Å²) in [6, 6.07) is 0. The van der Waals surface area contributed by atoms with Crippen molar-refractivity contribution in [3.63, 3.8) is 0 Å². The molecule has 1 N–H and O–H groups in total. The minimum atomic E-state index is -4.16. The molecule has 1 heterocycles. The van der Waals surface area contributed by atoms with E-state index in [9.17, 15) is 18.3 Å². The molecule has 6 heteroatoms. The molecule has 0 radical (unpaired) electrons. The molecule has 0 amide bonds. The monoisotopic (exact) mass is 278 g/mol. The van der Waals surface area contributed by atoms with Crippen molar-refractivity contribution in [1.29, 1.82) is 0 Å². The lowest BCUT2D eigenvalue weighted by molar-refractivity contribution is -0.137. The van der Waals surface area contributed by atoms with Crippen LogP contribution in [-0.4, -0.2) is 26.4 Å². The number of hydrogen-bond donors (Lipinski definition) is 1. The Kier molecular flexibility index (Phi) is 5.40. The van der Waals surface area contributed by atoms with Crippen LogP contribution in [0.3, 0.4) is 0 Å². The van der Waals surface area contributed by atoms with Gasteiger partial charge in [-0.25, -0.2) is 4.98 Å². The lowest BCUT2D eigenvalue weighted by Gasteiger charge is -2.23. The Balaban J connectivity index is 2.51. The molecule has 1 atom stereocenters. The Morgan fingerprint density at radius 3 is 2.58 bits per heavy atom. The van der Waals surface area contributed by atoms with Crippen molar-refractivity contribution < 1.29 is 18.3 Å². The smallest absolute Gasteiger partial charge is 0.389 e. The van der Waals surface area contributed by atoms with Gasteiger partial charge < -0.3 is 9.67 Å². The van der Waals surface area contributed by atoms with Crippen molar-refractivity contribution in [3.05, 3.63) is 18.2 Å². The highest BCUT2D eigenvalue weighted by Crippen LogP contribution is 2.26. The van der Waals surface area contributed by atoms with Crippen LogP contribution >= 0.6 is 0 Å². The van der Waals surface area contributed by atoms with Gasteiger partial charge in [-0.05, 0) is 26.2 Å². The fourth-order valence-electron chi connectivity index (χ4n) is 2.05. The first-order valence-electron chi connectivity index (χ1n) is 6.53. The molecular weight excluding hydrogens is 257 g/mol. The summed E-state index contributed by atoms with van der Waals surface area (Å²) in [5.41, 5.74) is -1.15. The molecule has 1 rings (SSSR count). The summed E-state index contributed by atoms with van der Waals surface area (Å²) in [5, 5.41) is 10.2. The molecule has 0 fully saturated rings. The van der Waals surface area contributed by atoms with Gasteiger partial charge in [0.25, 0.3) is 0 Å². The topological polar surface area (TPSA) is 38.0 Å². The van der Waals surface area contributed by atoms with Crippen LogP contribution in [0.2, 0.25) is 0 Å². The molecule has 1 unspecified atom stereocenters. The van der Waals surface area contributed by atoms with Gasteiger partial charge in [0.1, 0.15) is 5.82 Å². The first kappa shape index (κ1) is 16.0. The van der Waals surface area contributed by atoms with Crippen LogP contribution in [0, 0.1) is 0 Å². The number of imidazole rings is 1. The summed E-state index contributed by atoms with van der Waals surface area (Å²) in [5.74, 6) is 0.721. The fraction of sp³-hybridized carbons (Fsp3) is 0.769. The third-order valence-corrected chi connectivity index (χ3v) is 2.98. The maximum atomic E-state index is 12.1. The molecule has 0 bridgehead atoms. The highest BCUT2D eigenvalue weighted by Gasteiger charge is 2.29. The summed E-state index contributed by atoms with van der Waals surface area (Å²) < 4.78 is 38.2.